The zero-order valence-electron chi connectivity index (χ0n) is 18.4. The third-order valence-electron chi connectivity index (χ3n) is 6.57. The molecule has 3 aromatic rings. The number of anilines is 1. The van der Waals surface area contributed by atoms with Gasteiger partial charge >= 0.3 is 5.97 Å². The Hall–Kier alpha value is -2.80. The first kappa shape index (κ1) is 21.4. The zero-order chi connectivity index (χ0) is 22.0. The van der Waals surface area contributed by atoms with Crippen LogP contribution >= 0.6 is 11.3 Å². The molecule has 0 fully saturated rings. The highest BCUT2D eigenvalue weighted by molar-refractivity contribution is 7.19. The van der Waals surface area contributed by atoms with Crippen LogP contribution in [0.3, 0.4) is 0 Å². The molecule has 162 valence electrons. The van der Waals surface area contributed by atoms with Crippen molar-refractivity contribution in [2.75, 3.05) is 12.5 Å². The Bertz CT molecular complexity index is 1120. The standard InChI is InChI=1S/C24H28N4O2S/c1-5-24(2,3)17-10-11-19-18(12-17)20-21(25-14-26-22(20)31-19)28-27-13-15-6-8-16(9-7-15)23(29)30-4/h6-9,13-14,17H,5,10-12H2,1-4H3,(H,25,26,28)/b27-13-/t17-/m1/s1. The Labute approximate surface area is 186 Å². The molecule has 2 heterocycles. The van der Waals surface area contributed by atoms with Gasteiger partial charge in [-0.05, 0) is 53.9 Å². The van der Waals surface area contributed by atoms with Crippen LogP contribution in [0.25, 0.3) is 10.2 Å². The third kappa shape index (κ3) is 4.32. The van der Waals surface area contributed by atoms with Crippen molar-refractivity contribution in [2.45, 2.75) is 46.5 Å². The second kappa shape index (κ2) is 8.75. The number of thiophene rings is 1. The molecule has 31 heavy (non-hydrogen) atoms. The Morgan fingerprint density at radius 1 is 1.32 bits per heavy atom. The SMILES string of the molecule is CCC(C)(C)[C@@H]1CCc2sc3ncnc(N/N=C\c4ccc(C(=O)OC)cc4)c3c2C1. The second-order valence-electron chi connectivity index (χ2n) is 8.67. The molecule has 0 aliphatic heterocycles. The molecule has 0 spiro atoms. The van der Waals surface area contributed by atoms with Gasteiger partial charge in [-0.3, -0.25) is 5.43 Å². The third-order valence-corrected chi connectivity index (χ3v) is 7.77. The summed E-state index contributed by atoms with van der Waals surface area (Å²) in [6, 6.07) is 7.11. The maximum absolute atomic E-state index is 11.6. The maximum atomic E-state index is 11.6. The average Bonchev–Trinajstić information content (AvgIpc) is 3.17. The lowest BCUT2D eigenvalue weighted by atomic mass is 9.69. The predicted octanol–water partition coefficient (Wildman–Crippen LogP) is 5.47. The number of hydrogen-bond acceptors (Lipinski definition) is 7. The molecule has 7 heteroatoms. The summed E-state index contributed by atoms with van der Waals surface area (Å²) in [6.45, 7) is 7.04. The van der Waals surface area contributed by atoms with Gasteiger partial charge in [0.1, 0.15) is 11.2 Å². The summed E-state index contributed by atoms with van der Waals surface area (Å²) in [5.41, 5.74) is 6.22. The van der Waals surface area contributed by atoms with Crippen LogP contribution in [0.1, 0.15) is 60.0 Å². The number of aryl methyl sites for hydroxylation is 1. The molecule has 2 aromatic heterocycles. The lowest BCUT2D eigenvalue weighted by Gasteiger charge is -2.36. The van der Waals surface area contributed by atoms with Gasteiger partial charge in [0.05, 0.1) is 24.3 Å². The molecular formula is C24H28N4O2S. The first-order valence-electron chi connectivity index (χ1n) is 10.7. The number of carbonyl (C=O) groups excluding carboxylic acids is 1. The van der Waals surface area contributed by atoms with E-state index in [1.807, 2.05) is 12.1 Å². The summed E-state index contributed by atoms with van der Waals surface area (Å²) in [4.78, 5) is 23.0. The summed E-state index contributed by atoms with van der Waals surface area (Å²) < 4.78 is 4.73. The molecule has 1 aromatic carbocycles. The number of benzene rings is 1. The number of hydrazone groups is 1. The van der Waals surface area contributed by atoms with E-state index in [9.17, 15) is 4.79 Å². The Morgan fingerprint density at radius 3 is 2.81 bits per heavy atom. The van der Waals surface area contributed by atoms with E-state index in [1.165, 1.54) is 30.4 Å². The number of nitrogens with zero attached hydrogens (tertiary/aromatic N) is 3. The molecule has 0 saturated carbocycles. The number of aromatic nitrogens is 2. The first-order valence-corrected chi connectivity index (χ1v) is 11.5. The average molecular weight is 437 g/mol. The summed E-state index contributed by atoms with van der Waals surface area (Å²) in [6.07, 6.45) is 7.90. The molecule has 0 bridgehead atoms. The van der Waals surface area contributed by atoms with Gasteiger partial charge in [0, 0.05) is 4.88 Å². The fourth-order valence-electron chi connectivity index (χ4n) is 4.14. The van der Waals surface area contributed by atoms with E-state index in [4.69, 9.17) is 4.74 Å². The van der Waals surface area contributed by atoms with E-state index < -0.39 is 0 Å². The van der Waals surface area contributed by atoms with E-state index >= 15 is 0 Å². The molecule has 0 saturated heterocycles. The molecule has 0 radical (unpaired) electrons. The van der Waals surface area contributed by atoms with Gasteiger partial charge < -0.3 is 4.74 Å². The summed E-state index contributed by atoms with van der Waals surface area (Å²) in [5.74, 6) is 1.06. The van der Waals surface area contributed by atoms with E-state index in [-0.39, 0.29) is 5.97 Å². The van der Waals surface area contributed by atoms with Gasteiger partial charge in [-0.1, -0.05) is 39.3 Å². The van der Waals surface area contributed by atoms with Crippen molar-refractivity contribution in [3.05, 3.63) is 52.2 Å². The van der Waals surface area contributed by atoms with Crippen molar-refractivity contribution in [1.29, 1.82) is 0 Å². The van der Waals surface area contributed by atoms with Gasteiger partial charge in [0.25, 0.3) is 0 Å². The molecule has 6 nitrogen and oxygen atoms in total. The highest BCUT2D eigenvalue weighted by Crippen LogP contribution is 2.45. The quantitative estimate of drug-likeness (QED) is 0.315. The highest BCUT2D eigenvalue weighted by Gasteiger charge is 2.33. The van der Waals surface area contributed by atoms with E-state index in [0.29, 0.717) is 16.9 Å². The molecule has 0 unspecified atom stereocenters. The minimum absolute atomic E-state index is 0.323. The Kier molecular flexibility index (Phi) is 6.05. The maximum Gasteiger partial charge on any atom is 0.337 e. The molecule has 1 N–H and O–H groups in total. The number of methoxy groups -OCH3 is 1. The number of carbonyl (C=O) groups is 1. The summed E-state index contributed by atoms with van der Waals surface area (Å²) >= 11 is 1.78. The van der Waals surface area contributed by atoms with Crippen molar-refractivity contribution < 1.29 is 9.53 Å². The van der Waals surface area contributed by atoms with Crippen molar-refractivity contribution >= 4 is 39.6 Å². The minimum Gasteiger partial charge on any atom is -0.465 e. The van der Waals surface area contributed by atoms with E-state index in [0.717, 1.165) is 34.4 Å². The summed E-state index contributed by atoms with van der Waals surface area (Å²) in [7, 11) is 1.37. The summed E-state index contributed by atoms with van der Waals surface area (Å²) in [5, 5.41) is 5.50. The normalized spacial score (nSPS) is 16.5. The van der Waals surface area contributed by atoms with Crippen LogP contribution in [0.2, 0.25) is 0 Å². The topological polar surface area (TPSA) is 76.5 Å². The first-order chi connectivity index (χ1) is 14.9. The number of fused-ring (bicyclic) bond motifs is 3. The lowest BCUT2D eigenvalue weighted by Crippen LogP contribution is -2.28. The van der Waals surface area contributed by atoms with E-state index in [1.54, 1.807) is 36.0 Å². The monoisotopic (exact) mass is 436 g/mol. The van der Waals surface area contributed by atoms with Crippen LogP contribution < -0.4 is 5.43 Å². The van der Waals surface area contributed by atoms with E-state index in [2.05, 4.69) is 41.3 Å². The number of ether oxygens (including phenoxy) is 1. The molecular weight excluding hydrogens is 408 g/mol. The van der Waals surface area contributed by atoms with Crippen LogP contribution in [0.5, 0.6) is 0 Å². The van der Waals surface area contributed by atoms with Gasteiger partial charge in [-0.2, -0.15) is 5.10 Å². The Balaban J connectivity index is 1.57. The zero-order valence-corrected chi connectivity index (χ0v) is 19.3. The van der Waals surface area contributed by atoms with Crippen LogP contribution in [0.15, 0.2) is 35.7 Å². The predicted molar refractivity (Wildman–Crippen MR) is 126 cm³/mol. The number of nitrogens with one attached hydrogen (secondary N) is 1. The molecule has 0 amide bonds. The highest BCUT2D eigenvalue weighted by atomic mass is 32.1. The van der Waals surface area contributed by atoms with Crippen molar-refractivity contribution in [1.82, 2.24) is 9.97 Å². The fourth-order valence-corrected chi connectivity index (χ4v) is 5.32. The van der Waals surface area contributed by atoms with Crippen LogP contribution in [-0.2, 0) is 17.6 Å². The van der Waals surface area contributed by atoms with Gasteiger partial charge in [-0.25, -0.2) is 14.8 Å². The van der Waals surface area contributed by atoms with Crippen molar-refractivity contribution in [3.63, 3.8) is 0 Å². The molecule has 1 atom stereocenters. The second-order valence-corrected chi connectivity index (χ2v) is 9.76. The van der Waals surface area contributed by atoms with Crippen LogP contribution in [0.4, 0.5) is 5.82 Å². The number of esters is 1. The van der Waals surface area contributed by atoms with Crippen LogP contribution in [0, 0.1) is 11.3 Å². The largest absolute Gasteiger partial charge is 0.465 e. The minimum atomic E-state index is -0.350. The number of rotatable bonds is 6. The van der Waals surface area contributed by atoms with Crippen LogP contribution in [-0.4, -0.2) is 29.3 Å². The molecule has 4 rings (SSSR count). The van der Waals surface area contributed by atoms with Crippen molar-refractivity contribution in [2.24, 2.45) is 16.4 Å². The van der Waals surface area contributed by atoms with Gasteiger partial charge in [-0.15, -0.1) is 11.3 Å². The molecule has 1 aliphatic rings. The Morgan fingerprint density at radius 2 is 2.10 bits per heavy atom. The van der Waals surface area contributed by atoms with Gasteiger partial charge in [0.2, 0.25) is 0 Å². The smallest absolute Gasteiger partial charge is 0.337 e. The number of hydrogen-bond donors (Lipinski definition) is 1. The van der Waals surface area contributed by atoms with Crippen molar-refractivity contribution in [3.8, 4) is 0 Å². The van der Waals surface area contributed by atoms with Gasteiger partial charge in [0.15, 0.2) is 5.82 Å². The lowest BCUT2D eigenvalue weighted by molar-refractivity contribution is 0.0600. The molecule has 1 aliphatic carbocycles. The fraction of sp³-hybridized carbons (Fsp3) is 0.417.